The van der Waals surface area contributed by atoms with E-state index in [1.807, 2.05) is 0 Å². The molecule has 0 bridgehead atoms. The van der Waals surface area contributed by atoms with Crippen LogP contribution >= 0.6 is 0 Å². The molecule has 3 nitrogen and oxygen atoms in total. The van der Waals surface area contributed by atoms with Crippen LogP contribution in [0, 0.1) is 18.6 Å². The summed E-state index contributed by atoms with van der Waals surface area (Å²) in [5, 5.41) is 2.67. The quantitative estimate of drug-likeness (QED) is 0.841. The largest absolute Gasteiger partial charge is 0.396 e. The normalized spacial score (nSPS) is 10.3. The van der Waals surface area contributed by atoms with Gasteiger partial charge in [0.25, 0.3) is 0 Å². The minimum atomic E-state index is -0.561. The summed E-state index contributed by atoms with van der Waals surface area (Å²) < 4.78 is 26.4. The zero-order valence-corrected chi connectivity index (χ0v) is 9.17. The van der Waals surface area contributed by atoms with Gasteiger partial charge in [-0.1, -0.05) is 0 Å². The first-order valence-corrected chi connectivity index (χ1v) is 5.01. The molecular formula is C12H11F2N3. The average molecular weight is 235 g/mol. The maximum Gasteiger partial charge on any atom is 0.153 e. The molecule has 0 atom stereocenters. The van der Waals surface area contributed by atoms with Crippen LogP contribution in [0.5, 0.6) is 0 Å². The van der Waals surface area contributed by atoms with Gasteiger partial charge in [0.05, 0.1) is 11.4 Å². The predicted octanol–water partition coefficient (Wildman–Crippen LogP) is 2.99. The van der Waals surface area contributed by atoms with Crippen LogP contribution in [0.3, 0.4) is 0 Å². The molecule has 0 fully saturated rings. The number of aromatic nitrogens is 1. The van der Waals surface area contributed by atoms with Gasteiger partial charge in [-0.25, -0.2) is 13.8 Å². The Bertz CT molecular complexity index is 506. The van der Waals surface area contributed by atoms with Gasteiger partial charge in [-0.3, -0.25) is 0 Å². The lowest BCUT2D eigenvalue weighted by molar-refractivity contribution is 0.603. The highest BCUT2D eigenvalue weighted by Crippen LogP contribution is 2.23. The molecule has 0 unspecified atom stereocenters. The smallest absolute Gasteiger partial charge is 0.153 e. The fourth-order valence-electron chi connectivity index (χ4n) is 1.39. The van der Waals surface area contributed by atoms with Gasteiger partial charge >= 0.3 is 0 Å². The van der Waals surface area contributed by atoms with Crippen molar-refractivity contribution in [2.75, 3.05) is 11.1 Å². The summed E-state index contributed by atoms with van der Waals surface area (Å²) in [6, 6.07) is 6.54. The summed E-state index contributed by atoms with van der Waals surface area (Å²) in [6.07, 6.45) is 0. The molecule has 0 aliphatic carbocycles. The fourth-order valence-corrected chi connectivity index (χ4v) is 1.39. The van der Waals surface area contributed by atoms with Crippen molar-refractivity contribution >= 4 is 17.2 Å². The van der Waals surface area contributed by atoms with E-state index in [0.717, 1.165) is 23.9 Å². The number of nitrogen functional groups attached to an aromatic ring is 1. The average Bonchev–Trinajstić information content (AvgIpc) is 2.28. The number of nitrogens with zero attached hydrogens (tertiary/aromatic N) is 1. The fraction of sp³-hybridized carbons (Fsp3) is 0.0833. The Hall–Kier alpha value is -2.17. The Labute approximate surface area is 97.3 Å². The molecule has 2 rings (SSSR count). The van der Waals surface area contributed by atoms with Crippen LogP contribution in [-0.2, 0) is 0 Å². The molecule has 1 aromatic heterocycles. The van der Waals surface area contributed by atoms with Crippen LogP contribution < -0.4 is 11.1 Å². The first-order valence-electron chi connectivity index (χ1n) is 5.01. The number of hydrogen-bond donors (Lipinski definition) is 2. The summed E-state index contributed by atoms with van der Waals surface area (Å²) in [6.45, 7) is 1.78. The zero-order valence-electron chi connectivity index (χ0n) is 9.17. The molecule has 1 aromatic carbocycles. The second kappa shape index (κ2) is 4.37. The van der Waals surface area contributed by atoms with E-state index >= 15 is 0 Å². The van der Waals surface area contributed by atoms with Crippen LogP contribution in [0.15, 0.2) is 30.3 Å². The molecule has 0 amide bonds. The van der Waals surface area contributed by atoms with Crippen LogP contribution in [-0.4, -0.2) is 4.98 Å². The van der Waals surface area contributed by atoms with Crippen molar-refractivity contribution in [1.82, 2.24) is 4.98 Å². The highest BCUT2D eigenvalue weighted by molar-refractivity contribution is 5.68. The predicted molar refractivity (Wildman–Crippen MR) is 63.0 cm³/mol. The molecule has 3 N–H and O–H groups in total. The molecule has 0 saturated heterocycles. The number of rotatable bonds is 2. The third-order valence-corrected chi connectivity index (χ3v) is 2.25. The van der Waals surface area contributed by atoms with Crippen molar-refractivity contribution < 1.29 is 8.78 Å². The van der Waals surface area contributed by atoms with Crippen molar-refractivity contribution in [3.8, 4) is 0 Å². The van der Waals surface area contributed by atoms with Gasteiger partial charge in [-0.05, 0) is 31.2 Å². The number of anilines is 3. The molecule has 2 aromatic rings. The Kier molecular flexibility index (Phi) is 2.91. The minimum absolute atomic E-state index is 0.00907. The van der Waals surface area contributed by atoms with Crippen molar-refractivity contribution in [3.63, 3.8) is 0 Å². The van der Waals surface area contributed by atoms with E-state index < -0.39 is 11.6 Å². The molecule has 0 aliphatic heterocycles. The molecular weight excluding hydrogens is 224 g/mol. The number of aryl methyl sites for hydroxylation is 1. The topological polar surface area (TPSA) is 50.9 Å². The van der Waals surface area contributed by atoms with Gasteiger partial charge in [0, 0.05) is 11.8 Å². The van der Waals surface area contributed by atoms with Gasteiger partial charge in [-0.2, -0.15) is 0 Å². The summed E-state index contributed by atoms with van der Waals surface area (Å²) in [5.41, 5.74) is 6.80. The molecule has 88 valence electrons. The first kappa shape index (κ1) is 11.3. The minimum Gasteiger partial charge on any atom is -0.396 e. The molecule has 0 aliphatic rings. The standard InChI is InChI=1S/C12H11F2N3/c1-7-2-5-10(15)12(16-7)17-11-6-8(13)3-4-9(11)14/h2-6H,15H2,1H3,(H,16,17). The maximum absolute atomic E-state index is 13.4. The number of benzene rings is 1. The second-order valence-corrected chi connectivity index (χ2v) is 3.64. The molecule has 5 heteroatoms. The Morgan fingerprint density at radius 2 is 1.94 bits per heavy atom. The molecule has 0 spiro atoms. The third-order valence-electron chi connectivity index (χ3n) is 2.25. The molecule has 0 saturated carbocycles. The number of halogens is 2. The summed E-state index contributed by atoms with van der Waals surface area (Å²) in [4.78, 5) is 4.11. The highest BCUT2D eigenvalue weighted by atomic mass is 19.1. The Morgan fingerprint density at radius 1 is 1.18 bits per heavy atom. The van der Waals surface area contributed by atoms with E-state index in [2.05, 4.69) is 10.3 Å². The van der Waals surface area contributed by atoms with Crippen LogP contribution in [0.2, 0.25) is 0 Å². The number of nitrogens with one attached hydrogen (secondary N) is 1. The number of nitrogens with two attached hydrogens (primary N) is 1. The lowest BCUT2D eigenvalue weighted by Gasteiger charge is -2.09. The van der Waals surface area contributed by atoms with Crippen molar-refractivity contribution in [3.05, 3.63) is 47.7 Å². The Morgan fingerprint density at radius 3 is 2.71 bits per heavy atom. The third kappa shape index (κ3) is 2.50. The summed E-state index contributed by atoms with van der Waals surface area (Å²) in [7, 11) is 0. The van der Waals surface area contributed by atoms with Gasteiger partial charge in [0.15, 0.2) is 5.82 Å². The van der Waals surface area contributed by atoms with E-state index in [1.54, 1.807) is 19.1 Å². The van der Waals surface area contributed by atoms with Crippen LogP contribution in [0.1, 0.15) is 5.69 Å². The van der Waals surface area contributed by atoms with Gasteiger partial charge in [0.1, 0.15) is 11.6 Å². The maximum atomic E-state index is 13.4. The summed E-state index contributed by atoms with van der Waals surface area (Å²) in [5.74, 6) is -0.774. The lowest BCUT2D eigenvalue weighted by atomic mass is 10.2. The molecule has 17 heavy (non-hydrogen) atoms. The van der Waals surface area contributed by atoms with Crippen molar-refractivity contribution in [1.29, 1.82) is 0 Å². The molecule has 1 heterocycles. The van der Waals surface area contributed by atoms with Gasteiger partial charge in [0.2, 0.25) is 0 Å². The number of pyridine rings is 1. The van der Waals surface area contributed by atoms with Crippen molar-refractivity contribution in [2.45, 2.75) is 6.92 Å². The first-order chi connectivity index (χ1) is 8.06. The monoisotopic (exact) mass is 235 g/mol. The zero-order chi connectivity index (χ0) is 12.4. The van der Waals surface area contributed by atoms with E-state index in [9.17, 15) is 8.78 Å². The van der Waals surface area contributed by atoms with Crippen molar-refractivity contribution in [2.24, 2.45) is 0 Å². The highest BCUT2D eigenvalue weighted by Gasteiger charge is 2.07. The second-order valence-electron chi connectivity index (χ2n) is 3.64. The van der Waals surface area contributed by atoms with E-state index in [1.165, 1.54) is 0 Å². The van der Waals surface area contributed by atoms with Gasteiger partial charge < -0.3 is 11.1 Å². The summed E-state index contributed by atoms with van der Waals surface area (Å²) >= 11 is 0. The van der Waals surface area contributed by atoms with E-state index in [0.29, 0.717) is 11.5 Å². The van der Waals surface area contributed by atoms with E-state index in [-0.39, 0.29) is 5.69 Å². The lowest BCUT2D eigenvalue weighted by Crippen LogP contribution is -2.02. The SMILES string of the molecule is Cc1ccc(N)c(Nc2cc(F)ccc2F)n1. The van der Waals surface area contributed by atoms with E-state index in [4.69, 9.17) is 5.73 Å². The van der Waals surface area contributed by atoms with Gasteiger partial charge in [-0.15, -0.1) is 0 Å². The van der Waals surface area contributed by atoms with Crippen LogP contribution in [0.4, 0.5) is 26.0 Å². The molecule has 0 radical (unpaired) electrons. The van der Waals surface area contributed by atoms with Crippen LogP contribution in [0.25, 0.3) is 0 Å². The number of hydrogen-bond acceptors (Lipinski definition) is 3. The Balaban J connectivity index is 2.37.